The molecule has 4 nitrogen and oxygen atoms in total. The van der Waals surface area contributed by atoms with E-state index in [-0.39, 0.29) is 0 Å². The van der Waals surface area contributed by atoms with Gasteiger partial charge in [0.2, 0.25) is 0 Å². The van der Waals surface area contributed by atoms with E-state index in [2.05, 4.69) is 88.8 Å². The number of nitrogens with one attached hydrogen (secondary N) is 2. The molecule has 0 amide bonds. The van der Waals surface area contributed by atoms with Crippen molar-refractivity contribution in [3.05, 3.63) is 130 Å². The number of nitrogens with zero attached hydrogens (tertiary/aromatic N) is 2. The summed E-state index contributed by atoms with van der Waals surface area (Å²) in [6.07, 6.45) is 8.12. The number of hydrogen-bond donors (Lipinski definition) is 2. The molecule has 0 saturated heterocycles. The van der Waals surface area contributed by atoms with Gasteiger partial charge in [-0.25, -0.2) is 9.97 Å². The van der Waals surface area contributed by atoms with E-state index in [4.69, 9.17) is 33.2 Å². The molecule has 4 aromatic carbocycles. The number of hydrogen-bond acceptors (Lipinski definition) is 2. The SMILES string of the molecule is Clc1cc(-c2cc3cc4nc(cc5ccc(cc6nc(cc2[nH]3)C=C6)[nH]5)C=C4)c2c(ccc3cc4ccccc4cc32)c1Cl. The molecule has 2 aliphatic rings. The van der Waals surface area contributed by atoms with Gasteiger partial charge in [-0.05, 0) is 117 Å². The summed E-state index contributed by atoms with van der Waals surface area (Å²) in [6, 6.07) is 33.6. The van der Waals surface area contributed by atoms with Gasteiger partial charge in [0.1, 0.15) is 0 Å². The third-order valence-corrected chi connectivity index (χ3v) is 9.13. The Morgan fingerprint density at radius 3 is 1.82 bits per heavy atom. The Balaban J connectivity index is 1.40. The summed E-state index contributed by atoms with van der Waals surface area (Å²) < 4.78 is 0. The minimum atomic E-state index is 0.511. The molecule has 8 bridgehead atoms. The predicted molar refractivity (Wildman–Crippen MR) is 187 cm³/mol. The normalized spacial score (nSPS) is 12.6. The molecule has 5 heterocycles. The van der Waals surface area contributed by atoms with Crippen LogP contribution in [-0.4, -0.2) is 19.9 Å². The van der Waals surface area contributed by atoms with Crippen molar-refractivity contribution < 1.29 is 0 Å². The molecule has 2 N–H and O–H groups in total. The largest absolute Gasteiger partial charge is 0.355 e. The molecule has 0 fully saturated rings. The van der Waals surface area contributed by atoms with Crippen LogP contribution in [0.1, 0.15) is 22.8 Å². The number of benzene rings is 4. The molecule has 0 aliphatic carbocycles. The maximum atomic E-state index is 6.87. The Bertz CT molecular complexity index is 2590. The van der Waals surface area contributed by atoms with Gasteiger partial charge < -0.3 is 9.97 Å². The Morgan fingerprint density at radius 2 is 1.11 bits per heavy atom. The first-order chi connectivity index (χ1) is 21.5. The molecule has 0 spiro atoms. The molecule has 208 valence electrons. The average Bonchev–Trinajstić information content (AvgIpc) is 3.83. The number of fused-ring (bicyclic) bond motifs is 12. The van der Waals surface area contributed by atoms with Gasteiger partial charge in [0.25, 0.3) is 0 Å². The zero-order chi connectivity index (χ0) is 29.4. The van der Waals surface area contributed by atoms with Gasteiger partial charge in [0.05, 0.1) is 32.8 Å². The van der Waals surface area contributed by atoms with Crippen LogP contribution in [0.25, 0.3) is 89.8 Å². The molecule has 3 aromatic heterocycles. The van der Waals surface area contributed by atoms with Crippen LogP contribution < -0.4 is 0 Å². The average molecular weight is 606 g/mol. The second-order valence-electron chi connectivity index (χ2n) is 11.2. The minimum Gasteiger partial charge on any atom is -0.355 e. The Hall–Kier alpha value is -5.16. The highest BCUT2D eigenvalue weighted by atomic mass is 35.5. The van der Waals surface area contributed by atoms with E-state index < -0.39 is 0 Å². The molecule has 9 rings (SSSR count). The second-order valence-corrected chi connectivity index (χ2v) is 12.0. The van der Waals surface area contributed by atoms with E-state index in [9.17, 15) is 0 Å². The first kappa shape index (κ1) is 25.3. The smallest absolute Gasteiger partial charge is 0.0671 e. The maximum Gasteiger partial charge on any atom is 0.0671 e. The Labute approximate surface area is 262 Å². The van der Waals surface area contributed by atoms with Crippen molar-refractivity contribution in [3.8, 4) is 11.1 Å². The monoisotopic (exact) mass is 604 g/mol. The second kappa shape index (κ2) is 9.68. The van der Waals surface area contributed by atoms with Crippen molar-refractivity contribution in [1.82, 2.24) is 19.9 Å². The van der Waals surface area contributed by atoms with Gasteiger partial charge in [0, 0.05) is 33.0 Å². The van der Waals surface area contributed by atoms with Gasteiger partial charge in [-0.3, -0.25) is 0 Å². The molecule has 44 heavy (non-hydrogen) atoms. The number of aromatic nitrogens is 4. The summed E-state index contributed by atoms with van der Waals surface area (Å²) in [4.78, 5) is 16.8. The number of rotatable bonds is 1. The van der Waals surface area contributed by atoms with Crippen LogP contribution in [0.5, 0.6) is 0 Å². The summed E-state index contributed by atoms with van der Waals surface area (Å²) in [7, 11) is 0. The van der Waals surface area contributed by atoms with E-state index in [0.29, 0.717) is 10.0 Å². The molecule has 2 aliphatic heterocycles. The number of halogens is 2. The zero-order valence-corrected chi connectivity index (χ0v) is 24.7. The van der Waals surface area contributed by atoms with Gasteiger partial charge in [0.15, 0.2) is 0 Å². The molecular weight excluding hydrogens is 583 g/mol. The molecule has 0 unspecified atom stereocenters. The lowest BCUT2D eigenvalue weighted by molar-refractivity contribution is 1.31. The summed E-state index contributed by atoms with van der Waals surface area (Å²) in [5.74, 6) is 0. The van der Waals surface area contributed by atoms with Crippen molar-refractivity contribution in [2.45, 2.75) is 0 Å². The molecule has 0 radical (unpaired) electrons. The van der Waals surface area contributed by atoms with Crippen molar-refractivity contribution >= 4 is 102 Å². The summed E-state index contributed by atoms with van der Waals surface area (Å²) >= 11 is 13.7. The third kappa shape index (κ3) is 4.22. The summed E-state index contributed by atoms with van der Waals surface area (Å²) in [5, 5.41) is 7.67. The van der Waals surface area contributed by atoms with Crippen LogP contribution in [0, 0.1) is 0 Å². The van der Waals surface area contributed by atoms with Gasteiger partial charge >= 0.3 is 0 Å². The minimum absolute atomic E-state index is 0.511. The molecular formula is C38H22Cl2N4. The van der Waals surface area contributed by atoms with E-state index in [1.54, 1.807) is 0 Å². The highest BCUT2D eigenvalue weighted by Crippen LogP contribution is 2.44. The summed E-state index contributed by atoms with van der Waals surface area (Å²) in [6.45, 7) is 0. The van der Waals surface area contributed by atoms with Crippen molar-refractivity contribution in [2.24, 2.45) is 0 Å². The van der Waals surface area contributed by atoms with Crippen molar-refractivity contribution in [2.75, 3.05) is 0 Å². The predicted octanol–water partition coefficient (Wildman–Crippen LogP) is 11.1. The van der Waals surface area contributed by atoms with Crippen LogP contribution >= 0.6 is 23.2 Å². The quantitative estimate of drug-likeness (QED) is 0.144. The zero-order valence-electron chi connectivity index (χ0n) is 23.2. The Kier molecular flexibility index (Phi) is 5.58. The molecule has 7 aromatic rings. The highest BCUT2D eigenvalue weighted by Gasteiger charge is 2.17. The van der Waals surface area contributed by atoms with Crippen molar-refractivity contribution in [3.63, 3.8) is 0 Å². The van der Waals surface area contributed by atoms with Crippen LogP contribution in [-0.2, 0) is 0 Å². The van der Waals surface area contributed by atoms with E-state index in [1.165, 1.54) is 10.8 Å². The standard InChI is InChI=1S/C38H22Cl2N4/c39-35-20-34(37-31(38(35)40)12-5-23-13-21-3-1-2-4-22(21)14-32(23)37)33-18-30-17-28-9-8-26(42-28)15-24-6-7-25(41-24)16-27-10-11-29(43-27)19-36(33)44-30/h1-20,41,44H. The van der Waals surface area contributed by atoms with Gasteiger partial charge in [-0.15, -0.1) is 0 Å². The fraction of sp³-hybridized carbons (Fsp3) is 0. The van der Waals surface area contributed by atoms with Crippen LogP contribution in [0.2, 0.25) is 10.0 Å². The lowest BCUT2D eigenvalue weighted by atomic mass is 9.92. The number of aromatic amines is 2. The first-order valence-corrected chi connectivity index (χ1v) is 15.1. The lowest BCUT2D eigenvalue weighted by Crippen LogP contribution is -1.87. The maximum absolute atomic E-state index is 6.87. The van der Waals surface area contributed by atoms with Crippen LogP contribution in [0.15, 0.2) is 97.1 Å². The van der Waals surface area contributed by atoms with Gasteiger partial charge in [-0.2, -0.15) is 0 Å². The molecule has 6 heteroatoms. The lowest BCUT2D eigenvalue weighted by Gasteiger charge is -2.13. The van der Waals surface area contributed by atoms with Crippen molar-refractivity contribution in [1.29, 1.82) is 0 Å². The molecule has 0 saturated carbocycles. The van der Waals surface area contributed by atoms with Crippen LogP contribution in [0.4, 0.5) is 0 Å². The topological polar surface area (TPSA) is 57.4 Å². The van der Waals surface area contributed by atoms with E-state index in [1.807, 2.05) is 42.5 Å². The van der Waals surface area contributed by atoms with E-state index >= 15 is 0 Å². The van der Waals surface area contributed by atoms with Crippen LogP contribution in [0.3, 0.4) is 0 Å². The third-order valence-electron chi connectivity index (χ3n) is 8.33. The first-order valence-electron chi connectivity index (χ1n) is 14.4. The van der Waals surface area contributed by atoms with Gasteiger partial charge in [-0.1, -0.05) is 59.6 Å². The fourth-order valence-electron chi connectivity index (χ4n) is 6.33. The summed E-state index contributed by atoms with van der Waals surface area (Å²) in [5.41, 5.74) is 9.30. The number of H-pyrrole nitrogens is 2. The highest BCUT2D eigenvalue weighted by molar-refractivity contribution is 6.46. The van der Waals surface area contributed by atoms with E-state index in [0.717, 1.165) is 77.5 Å². The molecule has 0 atom stereocenters. The Morgan fingerprint density at radius 1 is 0.477 bits per heavy atom. The fourth-order valence-corrected chi connectivity index (χ4v) is 6.75.